The minimum Gasteiger partial charge on any atom is -0.395 e. The summed E-state index contributed by atoms with van der Waals surface area (Å²) < 4.78 is 2.28. The summed E-state index contributed by atoms with van der Waals surface area (Å²) in [6, 6.07) is -0.110. The molecule has 0 radical (unpaired) electrons. The smallest absolute Gasteiger partial charge is 0.106 e. The first-order valence-electron chi connectivity index (χ1n) is 6.13. The van der Waals surface area contributed by atoms with Gasteiger partial charge in [0.15, 0.2) is 0 Å². The Bertz CT molecular complexity index is 359. The van der Waals surface area contributed by atoms with E-state index in [4.69, 9.17) is 10.8 Å². The van der Waals surface area contributed by atoms with E-state index in [0.29, 0.717) is 0 Å². The molecular weight excluding hydrogens is 202 g/mol. The third-order valence-electron chi connectivity index (χ3n) is 3.38. The molecule has 0 fully saturated rings. The summed E-state index contributed by atoms with van der Waals surface area (Å²) in [4.78, 5) is 4.61. The molecule has 1 aromatic rings. The molecule has 4 heteroatoms. The number of aryl methyl sites for hydroxylation is 2. The first-order chi connectivity index (χ1) is 7.72. The molecule has 4 nitrogen and oxygen atoms in total. The van der Waals surface area contributed by atoms with Gasteiger partial charge < -0.3 is 15.4 Å². The number of aliphatic hydroxyl groups is 1. The molecule has 1 heterocycles. The molecule has 16 heavy (non-hydrogen) atoms. The van der Waals surface area contributed by atoms with Crippen molar-refractivity contribution in [3.63, 3.8) is 0 Å². The lowest BCUT2D eigenvalue weighted by molar-refractivity contribution is 0.255. The lowest BCUT2D eigenvalue weighted by Crippen LogP contribution is -2.26. The normalized spacial score (nSPS) is 17.2. The van der Waals surface area contributed by atoms with Crippen molar-refractivity contribution in [3.8, 4) is 0 Å². The number of aliphatic hydroxyl groups excluding tert-OH is 1. The summed E-state index contributed by atoms with van der Waals surface area (Å²) in [5, 5.41) is 8.92. The van der Waals surface area contributed by atoms with Gasteiger partial charge in [0, 0.05) is 18.3 Å². The van der Waals surface area contributed by atoms with Gasteiger partial charge in [-0.3, -0.25) is 0 Å². The van der Waals surface area contributed by atoms with Crippen LogP contribution in [0.25, 0.3) is 0 Å². The number of fused-ring (bicyclic) bond motifs is 1. The zero-order valence-electron chi connectivity index (χ0n) is 9.95. The summed E-state index contributed by atoms with van der Waals surface area (Å²) in [5.41, 5.74) is 8.41. The Hall–Kier alpha value is -0.870. The second-order valence-corrected chi connectivity index (χ2v) is 4.64. The van der Waals surface area contributed by atoms with Crippen LogP contribution in [0.3, 0.4) is 0 Å². The summed E-state index contributed by atoms with van der Waals surface area (Å²) in [6.45, 7) is 3.01. The quantitative estimate of drug-likeness (QED) is 0.793. The van der Waals surface area contributed by atoms with Gasteiger partial charge in [-0.2, -0.15) is 0 Å². The molecule has 1 unspecified atom stereocenters. The average Bonchev–Trinajstić information content (AvgIpc) is 2.62. The first kappa shape index (κ1) is 11.6. The van der Waals surface area contributed by atoms with Gasteiger partial charge in [0.2, 0.25) is 0 Å². The number of imidazole rings is 1. The van der Waals surface area contributed by atoms with E-state index in [1.807, 2.05) is 0 Å². The maximum absolute atomic E-state index is 8.92. The minimum atomic E-state index is -0.110. The van der Waals surface area contributed by atoms with Crippen molar-refractivity contribution in [1.29, 1.82) is 0 Å². The van der Waals surface area contributed by atoms with Crippen LogP contribution in [-0.2, 0) is 19.4 Å². The second kappa shape index (κ2) is 4.97. The van der Waals surface area contributed by atoms with Crippen LogP contribution in [0.4, 0.5) is 0 Å². The SMILES string of the molecule is Cc1nc2c(n1CCC(N)CO)CCCC2. The molecular formula is C12H21N3O. The molecule has 0 saturated heterocycles. The van der Waals surface area contributed by atoms with Gasteiger partial charge in [0.05, 0.1) is 12.3 Å². The average molecular weight is 223 g/mol. The molecule has 1 aliphatic rings. The second-order valence-electron chi connectivity index (χ2n) is 4.64. The summed E-state index contributed by atoms with van der Waals surface area (Å²) >= 11 is 0. The van der Waals surface area contributed by atoms with Crippen LogP contribution >= 0.6 is 0 Å². The molecule has 0 amide bonds. The number of hydrogen-bond acceptors (Lipinski definition) is 3. The van der Waals surface area contributed by atoms with Crippen molar-refractivity contribution in [2.24, 2.45) is 5.73 Å². The Morgan fingerprint density at radius 1 is 1.44 bits per heavy atom. The number of nitrogens with zero attached hydrogens (tertiary/aromatic N) is 2. The van der Waals surface area contributed by atoms with Gasteiger partial charge in [0.1, 0.15) is 5.82 Å². The molecule has 1 aromatic heterocycles. The van der Waals surface area contributed by atoms with Crippen LogP contribution in [0.5, 0.6) is 0 Å². The molecule has 0 aliphatic heterocycles. The zero-order chi connectivity index (χ0) is 11.5. The van der Waals surface area contributed by atoms with Crippen LogP contribution in [0.15, 0.2) is 0 Å². The maximum atomic E-state index is 8.92. The van der Waals surface area contributed by atoms with Crippen LogP contribution in [0.1, 0.15) is 36.5 Å². The summed E-state index contributed by atoms with van der Waals surface area (Å²) in [7, 11) is 0. The predicted molar refractivity (Wildman–Crippen MR) is 63.3 cm³/mol. The van der Waals surface area contributed by atoms with Gasteiger partial charge in [-0.1, -0.05) is 0 Å². The van der Waals surface area contributed by atoms with Crippen molar-refractivity contribution < 1.29 is 5.11 Å². The third kappa shape index (κ3) is 2.28. The van der Waals surface area contributed by atoms with Gasteiger partial charge in [-0.25, -0.2) is 4.98 Å². The standard InChI is InChI=1S/C12H21N3O/c1-9-14-11-4-2-3-5-12(11)15(9)7-6-10(13)8-16/h10,16H,2-8,13H2,1H3. The van der Waals surface area contributed by atoms with Crippen molar-refractivity contribution >= 4 is 0 Å². The number of nitrogens with two attached hydrogens (primary N) is 1. The van der Waals surface area contributed by atoms with E-state index in [1.165, 1.54) is 24.2 Å². The maximum Gasteiger partial charge on any atom is 0.106 e. The highest BCUT2D eigenvalue weighted by Gasteiger charge is 2.17. The summed E-state index contributed by atoms with van der Waals surface area (Å²) in [6.07, 6.45) is 5.61. The van der Waals surface area contributed by atoms with Gasteiger partial charge in [-0.15, -0.1) is 0 Å². The van der Waals surface area contributed by atoms with Crippen molar-refractivity contribution in [1.82, 2.24) is 9.55 Å². The van der Waals surface area contributed by atoms with E-state index in [1.54, 1.807) is 0 Å². The molecule has 0 saturated carbocycles. The molecule has 1 atom stereocenters. The molecule has 0 bridgehead atoms. The monoisotopic (exact) mass is 223 g/mol. The fourth-order valence-corrected chi connectivity index (χ4v) is 2.42. The molecule has 90 valence electrons. The third-order valence-corrected chi connectivity index (χ3v) is 3.38. The van der Waals surface area contributed by atoms with E-state index >= 15 is 0 Å². The van der Waals surface area contributed by atoms with Crippen LogP contribution in [-0.4, -0.2) is 27.3 Å². The fourth-order valence-electron chi connectivity index (χ4n) is 2.42. The molecule has 0 spiro atoms. The first-order valence-corrected chi connectivity index (χ1v) is 6.13. The Morgan fingerprint density at radius 3 is 2.94 bits per heavy atom. The topological polar surface area (TPSA) is 64.1 Å². The lowest BCUT2D eigenvalue weighted by atomic mass is 10.0. The van der Waals surface area contributed by atoms with E-state index < -0.39 is 0 Å². The largest absolute Gasteiger partial charge is 0.395 e. The Labute approximate surface area is 96.5 Å². The highest BCUT2D eigenvalue weighted by atomic mass is 16.3. The molecule has 3 N–H and O–H groups in total. The van der Waals surface area contributed by atoms with Gasteiger partial charge in [-0.05, 0) is 39.0 Å². The van der Waals surface area contributed by atoms with E-state index in [9.17, 15) is 0 Å². The molecule has 0 aromatic carbocycles. The van der Waals surface area contributed by atoms with Crippen molar-refractivity contribution in [3.05, 3.63) is 17.2 Å². The van der Waals surface area contributed by atoms with E-state index in [-0.39, 0.29) is 12.6 Å². The van der Waals surface area contributed by atoms with E-state index in [2.05, 4.69) is 16.5 Å². The number of hydrogen-bond donors (Lipinski definition) is 2. The number of aromatic nitrogens is 2. The van der Waals surface area contributed by atoms with Crippen LogP contribution < -0.4 is 5.73 Å². The van der Waals surface area contributed by atoms with Crippen molar-refractivity contribution in [2.75, 3.05) is 6.61 Å². The predicted octanol–water partition coefficient (Wildman–Crippen LogP) is 0.780. The zero-order valence-corrected chi connectivity index (χ0v) is 9.95. The lowest BCUT2D eigenvalue weighted by Gasteiger charge is -2.16. The van der Waals surface area contributed by atoms with Gasteiger partial charge in [0.25, 0.3) is 0 Å². The minimum absolute atomic E-state index is 0.0654. The van der Waals surface area contributed by atoms with Crippen LogP contribution in [0.2, 0.25) is 0 Å². The Kier molecular flexibility index (Phi) is 3.61. The highest BCUT2D eigenvalue weighted by Crippen LogP contribution is 2.22. The molecule has 1 aliphatic carbocycles. The van der Waals surface area contributed by atoms with E-state index in [0.717, 1.165) is 31.6 Å². The van der Waals surface area contributed by atoms with Crippen molar-refractivity contribution in [2.45, 2.75) is 51.6 Å². The van der Waals surface area contributed by atoms with Gasteiger partial charge >= 0.3 is 0 Å². The Balaban J connectivity index is 2.10. The fraction of sp³-hybridized carbons (Fsp3) is 0.750. The van der Waals surface area contributed by atoms with Crippen LogP contribution in [0, 0.1) is 6.92 Å². The Morgan fingerprint density at radius 2 is 2.19 bits per heavy atom. The summed E-state index contributed by atoms with van der Waals surface area (Å²) in [5.74, 6) is 1.09. The molecule has 2 rings (SSSR count). The number of rotatable bonds is 4. The highest BCUT2D eigenvalue weighted by molar-refractivity contribution is 5.19.